The van der Waals surface area contributed by atoms with Crippen molar-refractivity contribution in [3.8, 4) is 0 Å². The predicted molar refractivity (Wildman–Crippen MR) is 87.6 cm³/mol. The molecule has 114 valence electrons. The second-order valence-electron chi connectivity index (χ2n) is 4.92. The molecule has 0 bridgehead atoms. The first-order valence-corrected chi connectivity index (χ1v) is 8.01. The molecule has 0 aliphatic carbocycles. The van der Waals surface area contributed by atoms with Gasteiger partial charge in [-0.2, -0.15) is 0 Å². The van der Waals surface area contributed by atoms with Crippen molar-refractivity contribution in [2.45, 2.75) is 40.0 Å². The zero-order valence-electron chi connectivity index (χ0n) is 12.7. The Morgan fingerprint density at radius 3 is 2.52 bits per heavy atom. The van der Waals surface area contributed by atoms with Gasteiger partial charge in [0.05, 0.1) is 5.01 Å². The van der Waals surface area contributed by atoms with E-state index in [4.69, 9.17) is 5.84 Å². The summed E-state index contributed by atoms with van der Waals surface area (Å²) in [6.45, 7) is 6.87. The molecule has 0 unspecified atom stereocenters. The number of nitrogens with zero attached hydrogens (tertiary/aromatic N) is 3. The first-order valence-electron chi connectivity index (χ1n) is 7.13. The zero-order chi connectivity index (χ0) is 15.2. The van der Waals surface area contributed by atoms with Crippen molar-refractivity contribution in [2.75, 3.05) is 17.3 Å². The molecule has 0 saturated carbocycles. The summed E-state index contributed by atoms with van der Waals surface area (Å²) in [6, 6.07) is 0. The van der Waals surface area contributed by atoms with Crippen LogP contribution in [0, 0.1) is 13.8 Å². The van der Waals surface area contributed by atoms with Crippen LogP contribution in [0.4, 0.5) is 11.6 Å². The standard InChI is InChI=1S/C14H22N6S/c1-4-5-11-18-13(10(3)14(19-11)20-15)16-7-6-12-17-9(2)8-21-12/h8H,4-7,15H2,1-3H3,(H2,16,18,19,20). The van der Waals surface area contributed by atoms with Gasteiger partial charge in [-0.05, 0) is 20.3 Å². The van der Waals surface area contributed by atoms with E-state index in [1.54, 1.807) is 11.3 Å². The Labute approximate surface area is 129 Å². The second-order valence-corrected chi connectivity index (χ2v) is 5.86. The SMILES string of the molecule is CCCc1nc(NN)c(C)c(NCCc2nc(C)cs2)n1. The van der Waals surface area contributed by atoms with Crippen LogP contribution >= 0.6 is 11.3 Å². The molecule has 2 aromatic rings. The third-order valence-electron chi connectivity index (χ3n) is 3.10. The smallest absolute Gasteiger partial charge is 0.148 e. The summed E-state index contributed by atoms with van der Waals surface area (Å²) in [5.74, 6) is 7.86. The summed E-state index contributed by atoms with van der Waals surface area (Å²) >= 11 is 1.69. The van der Waals surface area contributed by atoms with Gasteiger partial charge in [-0.25, -0.2) is 20.8 Å². The molecular weight excluding hydrogens is 284 g/mol. The predicted octanol–water partition coefficient (Wildman–Crippen LogP) is 2.44. The summed E-state index contributed by atoms with van der Waals surface area (Å²) in [7, 11) is 0. The second kappa shape index (κ2) is 7.33. The number of nitrogens with two attached hydrogens (primary N) is 1. The maximum absolute atomic E-state index is 5.53. The normalized spacial score (nSPS) is 10.7. The topological polar surface area (TPSA) is 88.8 Å². The lowest BCUT2D eigenvalue weighted by Crippen LogP contribution is -2.16. The van der Waals surface area contributed by atoms with E-state index in [-0.39, 0.29) is 0 Å². The van der Waals surface area contributed by atoms with Gasteiger partial charge in [-0.3, -0.25) is 0 Å². The van der Waals surface area contributed by atoms with Crippen molar-refractivity contribution in [1.82, 2.24) is 15.0 Å². The molecule has 6 nitrogen and oxygen atoms in total. The van der Waals surface area contributed by atoms with E-state index < -0.39 is 0 Å². The molecule has 2 rings (SSSR count). The van der Waals surface area contributed by atoms with Crippen LogP contribution in [0.25, 0.3) is 0 Å². The Morgan fingerprint density at radius 1 is 1.14 bits per heavy atom. The maximum atomic E-state index is 5.53. The van der Waals surface area contributed by atoms with Gasteiger partial charge in [0.1, 0.15) is 17.5 Å². The molecule has 2 aromatic heterocycles. The number of thiazole rings is 1. The van der Waals surface area contributed by atoms with Crippen LogP contribution in [0.5, 0.6) is 0 Å². The summed E-state index contributed by atoms with van der Waals surface area (Å²) in [6.07, 6.45) is 2.73. The van der Waals surface area contributed by atoms with Gasteiger partial charge < -0.3 is 10.7 Å². The Bertz CT molecular complexity index is 595. The van der Waals surface area contributed by atoms with Crippen molar-refractivity contribution in [3.63, 3.8) is 0 Å². The Balaban J connectivity index is 2.05. The molecule has 7 heteroatoms. The molecule has 0 amide bonds. The van der Waals surface area contributed by atoms with Crippen molar-refractivity contribution in [1.29, 1.82) is 0 Å². The highest BCUT2D eigenvalue weighted by Gasteiger charge is 2.10. The fourth-order valence-corrected chi connectivity index (χ4v) is 2.79. The van der Waals surface area contributed by atoms with Crippen LogP contribution in [0.1, 0.15) is 35.4 Å². The quantitative estimate of drug-likeness (QED) is 0.538. The van der Waals surface area contributed by atoms with E-state index in [1.807, 2.05) is 13.8 Å². The van der Waals surface area contributed by atoms with Crippen LogP contribution in [-0.2, 0) is 12.8 Å². The largest absolute Gasteiger partial charge is 0.369 e. The zero-order valence-corrected chi connectivity index (χ0v) is 13.5. The van der Waals surface area contributed by atoms with Crippen molar-refractivity contribution in [3.05, 3.63) is 27.5 Å². The molecule has 0 saturated heterocycles. The number of anilines is 2. The molecule has 0 spiro atoms. The van der Waals surface area contributed by atoms with E-state index in [1.165, 1.54) is 0 Å². The van der Waals surface area contributed by atoms with E-state index in [0.29, 0.717) is 5.82 Å². The van der Waals surface area contributed by atoms with Crippen LogP contribution in [-0.4, -0.2) is 21.5 Å². The molecule has 0 radical (unpaired) electrons. The molecule has 0 aliphatic heterocycles. The van der Waals surface area contributed by atoms with Gasteiger partial charge in [0.15, 0.2) is 0 Å². The van der Waals surface area contributed by atoms with Crippen LogP contribution < -0.4 is 16.6 Å². The van der Waals surface area contributed by atoms with Crippen LogP contribution in [0.3, 0.4) is 0 Å². The Hall–Kier alpha value is -1.73. The minimum Gasteiger partial charge on any atom is -0.369 e. The lowest BCUT2D eigenvalue weighted by Gasteiger charge is -2.13. The monoisotopic (exact) mass is 306 g/mol. The highest BCUT2D eigenvalue weighted by atomic mass is 32.1. The summed E-state index contributed by atoms with van der Waals surface area (Å²) in [5.41, 5.74) is 4.66. The number of aromatic nitrogens is 3. The van der Waals surface area contributed by atoms with E-state index in [0.717, 1.165) is 53.7 Å². The molecule has 4 N–H and O–H groups in total. The number of hydrazine groups is 1. The molecular formula is C14H22N6S. The van der Waals surface area contributed by atoms with Crippen molar-refractivity contribution in [2.24, 2.45) is 5.84 Å². The van der Waals surface area contributed by atoms with Gasteiger partial charge >= 0.3 is 0 Å². The van der Waals surface area contributed by atoms with Crippen LogP contribution in [0.15, 0.2) is 5.38 Å². The van der Waals surface area contributed by atoms with Gasteiger partial charge in [0.25, 0.3) is 0 Å². The average Bonchev–Trinajstić information content (AvgIpc) is 2.88. The van der Waals surface area contributed by atoms with Gasteiger partial charge in [-0.15, -0.1) is 11.3 Å². The number of rotatable bonds is 7. The van der Waals surface area contributed by atoms with Gasteiger partial charge in [0.2, 0.25) is 0 Å². The third kappa shape index (κ3) is 4.12. The lowest BCUT2D eigenvalue weighted by atomic mass is 10.2. The van der Waals surface area contributed by atoms with E-state index >= 15 is 0 Å². The van der Waals surface area contributed by atoms with Crippen molar-refractivity contribution < 1.29 is 0 Å². The molecule has 21 heavy (non-hydrogen) atoms. The first kappa shape index (κ1) is 15.7. The number of hydrogen-bond acceptors (Lipinski definition) is 7. The highest BCUT2D eigenvalue weighted by Crippen LogP contribution is 2.20. The number of hydrogen-bond donors (Lipinski definition) is 3. The van der Waals surface area contributed by atoms with Gasteiger partial charge in [-0.1, -0.05) is 6.92 Å². The van der Waals surface area contributed by atoms with Crippen LogP contribution in [0.2, 0.25) is 0 Å². The first-order chi connectivity index (χ1) is 10.1. The summed E-state index contributed by atoms with van der Waals surface area (Å²) < 4.78 is 0. The minimum atomic E-state index is 0.682. The van der Waals surface area contributed by atoms with E-state index in [2.05, 4.69) is 38.0 Å². The molecule has 0 aromatic carbocycles. The van der Waals surface area contributed by atoms with Gasteiger partial charge in [0, 0.05) is 36.0 Å². The number of nitrogen functional groups attached to an aromatic ring is 1. The fraction of sp³-hybridized carbons (Fsp3) is 0.500. The fourth-order valence-electron chi connectivity index (χ4n) is 2.02. The maximum Gasteiger partial charge on any atom is 0.148 e. The Morgan fingerprint density at radius 2 is 1.90 bits per heavy atom. The lowest BCUT2D eigenvalue weighted by molar-refractivity contribution is 0.829. The minimum absolute atomic E-state index is 0.682. The molecule has 2 heterocycles. The third-order valence-corrected chi connectivity index (χ3v) is 4.13. The van der Waals surface area contributed by atoms with E-state index in [9.17, 15) is 0 Å². The van der Waals surface area contributed by atoms with Crippen molar-refractivity contribution >= 4 is 23.0 Å². The average molecular weight is 306 g/mol. The highest BCUT2D eigenvalue weighted by molar-refractivity contribution is 7.09. The Kier molecular flexibility index (Phi) is 5.46. The number of aryl methyl sites for hydroxylation is 2. The summed E-state index contributed by atoms with van der Waals surface area (Å²) in [5, 5.41) is 6.57. The summed E-state index contributed by atoms with van der Waals surface area (Å²) in [4.78, 5) is 13.4. The molecule has 0 fully saturated rings. The molecule has 0 aliphatic rings. The number of nitrogens with one attached hydrogen (secondary N) is 2. The molecule has 0 atom stereocenters.